The molecular formula is C7H12ClN. The highest BCUT2D eigenvalue weighted by Gasteiger charge is 1.81. The molecule has 0 spiro atoms. The zero-order valence-electron chi connectivity index (χ0n) is 5.89. The zero-order chi connectivity index (χ0) is 7.28. The first-order valence-corrected chi connectivity index (χ1v) is 3.16. The molecule has 0 aliphatic heterocycles. The molecule has 0 rings (SSSR count). The highest BCUT2D eigenvalue weighted by atomic mass is 35.5. The predicted octanol–water partition coefficient (Wildman–Crippen LogP) is 1.86. The van der Waals surface area contributed by atoms with E-state index in [-0.39, 0.29) is 0 Å². The highest BCUT2D eigenvalue weighted by molar-refractivity contribution is 6.30. The lowest BCUT2D eigenvalue weighted by atomic mass is 10.4. The molecule has 0 unspecified atom stereocenters. The van der Waals surface area contributed by atoms with E-state index < -0.39 is 0 Å². The Bertz CT molecular complexity index is 116. The quantitative estimate of drug-likeness (QED) is 0.548. The van der Waals surface area contributed by atoms with Crippen LogP contribution in [0.5, 0.6) is 0 Å². The Kier molecular flexibility index (Phi) is 4.46. The first-order chi connectivity index (χ1) is 4.13. The lowest BCUT2D eigenvalue weighted by molar-refractivity contribution is 0.456. The van der Waals surface area contributed by atoms with Gasteiger partial charge in [-0.3, -0.25) is 0 Å². The van der Waals surface area contributed by atoms with Gasteiger partial charge < -0.3 is 4.90 Å². The van der Waals surface area contributed by atoms with Gasteiger partial charge in [0.25, 0.3) is 0 Å². The molecule has 0 atom stereocenters. The Balaban J connectivity index is 3.36. The molecule has 0 aliphatic rings. The number of hydrogen-bond donors (Lipinski definition) is 0. The van der Waals surface area contributed by atoms with Gasteiger partial charge in [-0.05, 0) is 20.2 Å². The Morgan fingerprint density at radius 1 is 1.67 bits per heavy atom. The molecule has 0 aromatic heterocycles. The van der Waals surface area contributed by atoms with Gasteiger partial charge >= 0.3 is 0 Å². The molecule has 0 amide bonds. The number of likely N-dealkylation sites (N-methyl/N-ethyl adjacent to an activating group) is 1. The van der Waals surface area contributed by atoms with Crippen molar-refractivity contribution in [3.05, 3.63) is 23.8 Å². The summed E-state index contributed by atoms with van der Waals surface area (Å²) in [5.41, 5.74) is 0. The minimum atomic E-state index is 0.580. The van der Waals surface area contributed by atoms with Crippen molar-refractivity contribution < 1.29 is 0 Å². The van der Waals surface area contributed by atoms with Crippen molar-refractivity contribution in [3.63, 3.8) is 0 Å². The Labute approximate surface area is 61.6 Å². The molecule has 0 saturated carbocycles. The molecular weight excluding hydrogens is 134 g/mol. The van der Waals surface area contributed by atoms with Gasteiger partial charge in [-0.1, -0.05) is 24.3 Å². The molecule has 0 saturated heterocycles. The van der Waals surface area contributed by atoms with E-state index in [2.05, 4.69) is 11.5 Å². The molecule has 2 heteroatoms. The Hall–Kier alpha value is -0.270. The second-order valence-corrected chi connectivity index (χ2v) is 2.60. The monoisotopic (exact) mass is 145 g/mol. The van der Waals surface area contributed by atoms with Crippen LogP contribution in [-0.4, -0.2) is 25.5 Å². The molecule has 0 heterocycles. The van der Waals surface area contributed by atoms with E-state index >= 15 is 0 Å². The maximum absolute atomic E-state index is 5.46. The normalized spacial score (nSPS) is 11.1. The summed E-state index contributed by atoms with van der Waals surface area (Å²) in [5.74, 6) is 0. The zero-order valence-corrected chi connectivity index (χ0v) is 6.65. The fourth-order valence-electron chi connectivity index (χ4n) is 0.391. The summed E-state index contributed by atoms with van der Waals surface area (Å²) in [5, 5.41) is 0.580. The van der Waals surface area contributed by atoms with E-state index in [1.54, 1.807) is 6.08 Å². The topological polar surface area (TPSA) is 3.24 Å². The first kappa shape index (κ1) is 8.73. The third-order valence-corrected chi connectivity index (χ3v) is 0.895. The number of nitrogens with zero attached hydrogens (tertiary/aromatic N) is 1. The van der Waals surface area contributed by atoms with Crippen LogP contribution in [0.4, 0.5) is 0 Å². The summed E-state index contributed by atoms with van der Waals surface area (Å²) >= 11 is 5.46. The third kappa shape index (κ3) is 7.73. The standard InChI is InChI=1S/C7H12ClN/c1-7(8)5-4-6-9(2)3/h4-5H,1,6H2,2-3H3/b5-4+. The largest absolute Gasteiger partial charge is 0.306 e. The van der Waals surface area contributed by atoms with Crippen LogP contribution in [0.2, 0.25) is 0 Å². The average molecular weight is 146 g/mol. The summed E-state index contributed by atoms with van der Waals surface area (Å²) < 4.78 is 0. The summed E-state index contributed by atoms with van der Waals surface area (Å²) in [6.07, 6.45) is 3.76. The maximum Gasteiger partial charge on any atom is 0.0331 e. The van der Waals surface area contributed by atoms with Crippen molar-refractivity contribution >= 4 is 11.6 Å². The smallest absolute Gasteiger partial charge is 0.0331 e. The van der Waals surface area contributed by atoms with E-state index in [1.807, 2.05) is 20.2 Å². The van der Waals surface area contributed by atoms with Gasteiger partial charge in [0.15, 0.2) is 0 Å². The van der Waals surface area contributed by atoms with Crippen LogP contribution in [0, 0.1) is 0 Å². The molecule has 0 aromatic carbocycles. The van der Waals surface area contributed by atoms with Crippen LogP contribution in [-0.2, 0) is 0 Å². The molecule has 0 aromatic rings. The second kappa shape index (κ2) is 4.59. The lowest BCUT2D eigenvalue weighted by Crippen LogP contribution is -2.10. The van der Waals surface area contributed by atoms with Crippen molar-refractivity contribution in [3.8, 4) is 0 Å². The minimum Gasteiger partial charge on any atom is -0.306 e. The van der Waals surface area contributed by atoms with Gasteiger partial charge in [0.1, 0.15) is 0 Å². The lowest BCUT2D eigenvalue weighted by Gasteiger charge is -2.02. The molecule has 9 heavy (non-hydrogen) atoms. The Morgan fingerprint density at radius 2 is 2.22 bits per heavy atom. The summed E-state index contributed by atoms with van der Waals surface area (Å²) in [7, 11) is 4.00. The van der Waals surface area contributed by atoms with Gasteiger partial charge in [-0.25, -0.2) is 0 Å². The molecule has 0 fully saturated rings. The molecule has 0 aliphatic carbocycles. The van der Waals surface area contributed by atoms with Gasteiger partial charge in [0.05, 0.1) is 0 Å². The van der Waals surface area contributed by atoms with Crippen molar-refractivity contribution in [2.45, 2.75) is 0 Å². The van der Waals surface area contributed by atoms with Crippen LogP contribution in [0.15, 0.2) is 23.8 Å². The van der Waals surface area contributed by atoms with Crippen LogP contribution in [0.25, 0.3) is 0 Å². The van der Waals surface area contributed by atoms with Crippen LogP contribution >= 0.6 is 11.6 Å². The van der Waals surface area contributed by atoms with E-state index in [1.165, 1.54) is 0 Å². The molecule has 0 radical (unpaired) electrons. The fraction of sp³-hybridized carbons (Fsp3) is 0.429. The highest BCUT2D eigenvalue weighted by Crippen LogP contribution is 1.96. The molecule has 52 valence electrons. The van der Waals surface area contributed by atoms with E-state index in [0.29, 0.717) is 5.03 Å². The molecule has 0 bridgehead atoms. The molecule has 0 N–H and O–H groups in total. The van der Waals surface area contributed by atoms with Gasteiger partial charge in [-0.15, -0.1) is 0 Å². The minimum absolute atomic E-state index is 0.580. The summed E-state index contributed by atoms with van der Waals surface area (Å²) in [6.45, 7) is 4.42. The van der Waals surface area contributed by atoms with Gasteiger partial charge in [0, 0.05) is 11.6 Å². The predicted molar refractivity (Wildman–Crippen MR) is 42.7 cm³/mol. The third-order valence-electron chi connectivity index (χ3n) is 0.769. The maximum atomic E-state index is 5.46. The van der Waals surface area contributed by atoms with Crippen molar-refractivity contribution in [1.29, 1.82) is 0 Å². The molecule has 1 nitrogen and oxygen atoms in total. The fourth-order valence-corrected chi connectivity index (χ4v) is 0.480. The van der Waals surface area contributed by atoms with E-state index in [9.17, 15) is 0 Å². The van der Waals surface area contributed by atoms with Crippen LogP contribution in [0.3, 0.4) is 0 Å². The Morgan fingerprint density at radius 3 is 2.56 bits per heavy atom. The van der Waals surface area contributed by atoms with Gasteiger partial charge in [-0.2, -0.15) is 0 Å². The van der Waals surface area contributed by atoms with E-state index in [0.717, 1.165) is 6.54 Å². The van der Waals surface area contributed by atoms with Crippen molar-refractivity contribution in [2.75, 3.05) is 20.6 Å². The van der Waals surface area contributed by atoms with Gasteiger partial charge in [0.2, 0.25) is 0 Å². The summed E-state index contributed by atoms with van der Waals surface area (Å²) in [6, 6.07) is 0. The number of allylic oxidation sites excluding steroid dienone is 2. The average Bonchev–Trinajstić information content (AvgIpc) is 1.63. The number of rotatable bonds is 3. The van der Waals surface area contributed by atoms with Crippen LogP contribution in [0.1, 0.15) is 0 Å². The number of halogens is 1. The summed E-state index contributed by atoms with van der Waals surface area (Å²) in [4.78, 5) is 2.05. The van der Waals surface area contributed by atoms with E-state index in [4.69, 9.17) is 11.6 Å². The number of hydrogen-bond acceptors (Lipinski definition) is 1. The first-order valence-electron chi connectivity index (χ1n) is 2.78. The second-order valence-electron chi connectivity index (χ2n) is 2.11. The SMILES string of the molecule is C=C(Cl)/C=C/CN(C)C. The van der Waals surface area contributed by atoms with Crippen molar-refractivity contribution in [2.24, 2.45) is 0 Å². The van der Waals surface area contributed by atoms with Crippen LogP contribution < -0.4 is 0 Å². The van der Waals surface area contributed by atoms with Crippen molar-refractivity contribution in [1.82, 2.24) is 4.90 Å².